The first-order chi connectivity index (χ1) is 12.8. The van der Waals surface area contributed by atoms with Gasteiger partial charge in [-0.3, -0.25) is 10.1 Å². The third-order valence-corrected chi connectivity index (χ3v) is 4.91. The number of benzene rings is 2. The smallest absolute Gasteiger partial charge is 0.244 e. The van der Waals surface area contributed by atoms with Crippen molar-refractivity contribution in [2.75, 3.05) is 26.2 Å². The summed E-state index contributed by atoms with van der Waals surface area (Å²) in [4.78, 5) is 15.0. The van der Waals surface area contributed by atoms with E-state index in [4.69, 9.17) is 9.47 Å². The van der Waals surface area contributed by atoms with Crippen molar-refractivity contribution in [3.8, 4) is 11.5 Å². The summed E-state index contributed by atoms with van der Waals surface area (Å²) in [6.45, 7) is 2.72. The summed E-state index contributed by atoms with van der Waals surface area (Å²) >= 11 is 0. The summed E-state index contributed by atoms with van der Waals surface area (Å²) in [5.74, 6) is 1.68. The highest BCUT2D eigenvalue weighted by molar-refractivity contribution is 5.83. The Kier molecular flexibility index (Phi) is 5.07. The van der Waals surface area contributed by atoms with Crippen molar-refractivity contribution in [3.05, 3.63) is 60.2 Å². The van der Waals surface area contributed by atoms with Crippen LogP contribution in [0.1, 0.15) is 24.4 Å². The normalized spacial score (nSPS) is 20.0. The quantitative estimate of drug-likeness (QED) is 0.899. The van der Waals surface area contributed by atoms with E-state index in [9.17, 15) is 4.79 Å². The SMILES string of the molecule is O=C(C(NCC1COc2ccccc2O1)c1ccccc1)N1CCCC1. The molecule has 1 saturated heterocycles. The van der Waals surface area contributed by atoms with E-state index in [0.29, 0.717) is 13.2 Å². The number of carbonyl (C=O) groups excluding carboxylic acids is 1. The van der Waals surface area contributed by atoms with Crippen LogP contribution >= 0.6 is 0 Å². The first kappa shape index (κ1) is 16.9. The van der Waals surface area contributed by atoms with Gasteiger partial charge in [-0.1, -0.05) is 42.5 Å². The molecule has 2 heterocycles. The lowest BCUT2D eigenvalue weighted by molar-refractivity contribution is -0.132. The third kappa shape index (κ3) is 3.68. The van der Waals surface area contributed by atoms with Gasteiger partial charge < -0.3 is 14.4 Å². The van der Waals surface area contributed by atoms with Crippen molar-refractivity contribution in [3.63, 3.8) is 0 Å². The molecule has 0 bridgehead atoms. The Morgan fingerprint density at radius 3 is 2.50 bits per heavy atom. The lowest BCUT2D eigenvalue weighted by Gasteiger charge is -2.29. The molecule has 2 aromatic rings. The predicted molar refractivity (Wildman–Crippen MR) is 99.4 cm³/mol. The Balaban J connectivity index is 1.44. The summed E-state index contributed by atoms with van der Waals surface area (Å²) in [5.41, 5.74) is 0.988. The van der Waals surface area contributed by atoms with Crippen LogP contribution in [0.25, 0.3) is 0 Å². The van der Waals surface area contributed by atoms with Crippen molar-refractivity contribution in [2.45, 2.75) is 25.0 Å². The first-order valence-corrected chi connectivity index (χ1v) is 9.27. The van der Waals surface area contributed by atoms with Crippen LogP contribution in [0.15, 0.2) is 54.6 Å². The van der Waals surface area contributed by atoms with Gasteiger partial charge in [0.1, 0.15) is 18.8 Å². The van der Waals surface area contributed by atoms with Crippen LogP contribution in [0.2, 0.25) is 0 Å². The van der Waals surface area contributed by atoms with Crippen LogP contribution in [-0.4, -0.2) is 43.2 Å². The topological polar surface area (TPSA) is 50.8 Å². The molecule has 2 aromatic carbocycles. The number of para-hydroxylation sites is 2. The molecule has 0 radical (unpaired) electrons. The molecule has 4 rings (SSSR count). The number of carbonyl (C=O) groups is 1. The number of hydrogen-bond donors (Lipinski definition) is 1. The fourth-order valence-corrected chi connectivity index (χ4v) is 3.53. The Morgan fingerprint density at radius 1 is 1.04 bits per heavy atom. The highest BCUT2D eigenvalue weighted by atomic mass is 16.6. The third-order valence-electron chi connectivity index (χ3n) is 4.91. The highest BCUT2D eigenvalue weighted by Crippen LogP contribution is 2.31. The van der Waals surface area contributed by atoms with Gasteiger partial charge in [-0.15, -0.1) is 0 Å². The molecule has 2 aliphatic heterocycles. The van der Waals surface area contributed by atoms with E-state index in [0.717, 1.165) is 43.0 Å². The molecule has 1 fully saturated rings. The van der Waals surface area contributed by atoms with Crippen LogP contribution in [0.5, 0.6) is 11.5 Å². The second kappa shape index (κ2) is 7.79. The van der Waals surface area contributed by atoms with E-state index in [2.05, 4.69) is 5.32 Å². The van der Waals surface area contributed by atoms with Gasteiger partial charge in [0.25, 0.3) is 0 Å². The van der Waals surface area contributed by atoms with Crippen molar-refractivity contribution in [1.82, 2.24) is 10.2 Å². The predicted octanol–water partition coefficient (Wildman–Crippen LogP) is 2.78. The van der Waals surface area contributed by atoms with E-state index in [1.165, 1.54) is 0 Å². The highest BCUT2D eigenvalue weighted by Gasteiger charge is 2.29. The standard InChI is InChI=1S/C21H24N2O3/c24-21(23-12-6-7-13-23)20(16-8-2-1-3-9-16)22-14-17-15-25-18-10-4-5-11-19(18)26-17/h1-5,8-11,17,20,22H,6-7,12-15H2. The maximum absolute atomic E-state index is 13.0. The van der Waals surface area contributed by atoms with Crippen molar-refractivity contribution < 1.29 is 14.3 Å². The monoisotopic (exact) mass is 352 g/mol. The summed E-state index contributed by atoms with van der Waals surface area (Å²) in [5, 5.41) is 3.42. The summed E-state index contributed by atoms with van der Waals surface area (Å²) < 4.78 is 11.8. The Morgan fingerprint density at radius 2 is 1.73 bits per heavy atom. The minimum atomic E-state index is -0.352. The van der Waals surface area contributed by atoms with Crippen LogP contribution in [0.3, 0.4) is 0 Å². The van der Waals surface area contributed by atoms with Crippen LogP contribution in [-0.2, 0) is 4.79 Å². The lowest BCUT2D eigenvalue weighted by atomic mass is 10.1. The Bertz CT molecular complexity index is 744. The summed E-state index contributed by atoms with van der Waals surface area (Å²) in [6.07, 6.45) is 2.05. The minimum absolute atomic E-state index is 0.123. The van der Waals surface area contributed by atoms with E-state index in [1.54, 1.807) is 0 Å². The summed E-state index contributed by atoms with van der Waals surface area (Å²) in [7, 11) is 0. The van der Waals surface area contributed by atoms with Gasteiger partial charge in [0.05, 0.1) is 0 Å². The fraction of sp³-hybridized carbons (Fsp3) is 0.381. The van der Waals surface area contributed by atoms with E-state index < -0.39 is 0 Å². The van der Waals surface area contributed by atoms with Gasteiger partial charge in [-0.2, -0.15) is 0 Å². The second-order valence-electron chi connectivity index (χ2n) is 6.78. The molecule has 136 valence electrons. The molecule has 5 nitrogen and oxygen atoms in total. The molecule has 0 aliphatic carbocycles. The van der Waals surface area contributed by atoms with E-state index >= 15 is 0 Å². The van der Waals surface area contributed by atoms with Crippen molar-refractivity contribution >= 4 is 5.91 Å². The van der Waals surface area contributed by atoms with Crippen molar-refractivity contribution in [2.24, 2.45) is 0 Å². The number of hydrogen-bond acceptors (Lipinski definition) is 4. The first-order valence-electron chi connectivity index (χ1n) is 9.27. The zero-order chi connectivity index (χ0) is 17.8. The van der Waals surface area contributed by atoms with Gasteiger partial charge in [0.15, 0.2) is 11.5 Å². The number of likely N-dealkylation sites (tertiary alicyclic amines) is 1. The summed E-state index contributed by atoms with van der Waals surface area (Å²) in [6, 6.07) is 17.2. The zero-order valence-corrected chi connectivity index (χ0v) is 14.8. The number of fused-ring (bicyclic) bond motifs is 1. The molecule has 0 aromatic heterocycles. The number of ether oxygens (including phenoxy) is 2. The fourth-order valence-electron chi connectivity index (χ4n) is 3.53. The molecule has 2 unspecified atom stereocenters. The molecular formula is C21H24N2O3. The largest absolute Gasteiger partial charge is 0.486 e. The van der Waals surface area contributed by atoms with Crippen molar-refractivity contribution in [1.29, 1.82) is 0 Å². The van der Waals surface area contributed by atoms with Gasteiger partial charge >= 0.3 is 0 Å². The number of amides is 1. The molecule has 5 heteroatoms. The molecule has 2 aliphatic rings. The lowest BCUT2D eigenvalue weighted by Crippen LogP contribution is -2.45. The molecular weight excluding hydrogens is 328 g/mol. The minimum Gasteiger partial charge on any atom is -0.486 e. The molecule has 1 N–H and O–H groups in total. The Hall–Kier alpha value is -2.53. The molecule has 1 amide bonds. The van der Waals surface area contributed by atoms with Crippen LogP contribution in [0.4, 0.5) is 0 Å². The van der Waals surface area contributed by atoms with Gasteiger partial charge in [0, 0.05) is 19.6 Å². The maximum atomic E-state index is 13.0. The van der Waals surface area contributed by atoms with Crippen LogP contribution in [0, 0.1) is 0 Å². The van der Waals surface area contributed by atoms with Crippen LogP contribution < -0.4 is 14.8 Å². The maximum Gasteiger partial charge on any atom is 0.244 e. The van der Waals surface area contributed by atoms with Gasteiger partial charge in [0.2, 0.25) is 5.91 Å². The average molecular weight is 352 g/mol. The molecule has 0 saturated carbocycles. The second-order valence-corrected chi connectivity index (χ2v) is 6.78. The number of rotatable bonds is 5. The molecule has 2 atom stereocenters. The van der Waals surface area contributed by atoms with Gasteiger partial charge in [-0.25, -0.2) is 0 Å². The number of nitrogens with one attached hydrogen (secondary N) is 1. The zero-order valence-electron chi connectivity index (χ0n) is 14.8. The number of nitrogens with zero attached hydrogens (tertiary/aromatic N) is 1. The Labute approximate surface area is 153 Å². The average Bonchev–Trinajstić information content (AvgIpc) is 3.23. The van der Waals surface area contributed by atoms with E-state index in [1.807, 2.05) is 59.5 Å². The van der Waals surface area contributed by atoms with Gasteiger partial charge in [-0.05, 0) is 30.5 Å². The molecule has 26 heavy (non-hydrogen) atoms. The van der Waals surface area contributed by atoms with E-state index in [-0.39, 0.29) is 18.1 Å². The molecule has 0 spiro atoms.